The van der Waals surface area contributed by atoms with Crippen LogP contribution in [0.4, 0.5) is 0 Å². The molecule has 2 aliphatic rings. The third kappa shape index (κ3) is 3.84. The number of aromatic nitrogens is 1. The van der Waals surface area contributed by atoms with Crippen molar-refractivity contribution in [3.63, 3.8) is 0 Å². The summed E-state index contributed by atoms with van der Waals surface area (Å²) in [5.41, 5.74) is 6.21. The van der Waals surface area contributed by atoms with Crippen LogP contribution in [0.3, 0.4) is 0 Å². The number of fused-ring (bicyclic) bond motifs is 3. The highest BCUT2D eigenvalue weighted by molar-refractivity contribution is 7.07. The van der Waals surface area contributed by atoms with Crippen molar-refractivity contribution >= 4 is 46.3 Å². The number of hydrogen-bond donors (Lipinski definition) is 0. The Morgan fingerprint density at radius 1 is 1.06 bits per heavy atom. The highest BCUT2D eigenvalue weighted by Crippen LogP contribution is 2.41. The quantitative estimate of drug-likeness (QED) is 0.352. The van der Waals surface area contributed by atoms with E-state index in [1.165, 1.54) is 16.9 Å². The average molecular weight is 519 g/mol. The second kappa shape index (κ2) is 8.83. The molecule has 4 nitrogen and oxygen atoms in total. The van der Waals surface area contributed by atoms with Crippen molar-refractivity contribution in [1.82, 2.24) is 4.57 Å². The van der Waals surface area contributed by atoms with Gasteiger partial charge < -0.3 is 4.74 Å². The van der Waals surface area contributed by atoms with Crippen LogP contribution < -0.4 is 19.6 Å². The lowest BCUT2D eigenvalue weighted by Gasteiger charge is -2.31. The van der Waals surface area contributed by atoms with Gasteiger partial charge in [-0.2, -0.15) is 0 Å². The highest BCUT2D eigenvalue weighted by atomic mass is 35.5. The summed E-state index contributed by atoms with van der Waals surface area (Å²) in [6.45, 7) is 0. The van der Waals surface area contributed by atoms with Crippen LogP contribution in [0, 0.1) is 0 Å². The number of allylic oxidation sites excluding steroid dienone is 1. The summed E-state index contributed by atoms with van der Waals surface area (Å²) in [4.78, 5) is 19.5. The lowest BCUT2D eigenvalue weighted by molar-refractivity contribution is 0.413. The molecule has 0 N–H and O–H groups in total. The maximum atomic E-state index is 13.8. The van der Waals surface area contributed by atoms with Gasteiger partial charge in [-0.25, -0.2) is 4.99 Å². The van der Waals surface area contributed by atoms with Gasteiger partial charge in [-0.1, -0.05) is 77.0 Å². The smallest absolute Gasteiger partial charge is 0.271 e. The van der Waals surface area contributed by atoms with Crippen molar-refractivity contribution in [2.24, 2.45) is 4.99 Å². The van der Waals surface area contributed by atoms with Crippen molar-refractivity contribution in [3.05, 3.63) is 124 Å². The molecule has 3 aromatic carbocycles. The van der Waals surface area contributed by atoms with Gasteiger partial charge in [0, 0.05) is 15.6 Å². The molecular formula is C28H20Cl2N2O2S. The van der Waals surface area contributed by atoms with Crippen LogP contribution in [0.1, 0.15) is 34.7 Å². The van der Waals surface area contributed by atoms with E-state index in [1.807, 2.05) is 41.0 Å². The maximum Gasteiger partial charge on any atom is 0.271 e. The first kappa shape index (κ1) is 22.4. The molecule has 0 bridgehead atoms. The Bertz CT molecular complexity index is 1700. The molecule has 0 amide bonds. The molecule has 1 aromatic heterocycles. The fraction of sp³-hybridized carbons (Fsp3) is 0.143. The first-order valence-corrected chi connectivity index (χ1v) is 12.8. The van der Waals surface area contributed by atoms with Gasteiger partial charge in [0.05, 0.1) is 23.4 Å². The Labute approximate surface area is 216 Å². The minimum absolute atomic E-state index is 0.0852. The summed E-state index contributed by atoms with van der Waals surface area (Å²) in [6, 6.07) is 21.4. The molecule has 0 fully saturated rings. The fourth-order valence-electron chi connectivity index (χ4n) is 4.89. The number of halogens is 2. The van der Waals surface area contributed by atoms with Crippen LogP contribution >= 0.6 is 34.5 Å². The molecule has 4 aromatic rings. The van der Waals surface area contributed by atoms with Crippen LogP contribution in [-0.4, -0.2) is 11.7 Å². The summed E-state index contributed by atoms with van der Waals surface area (Å²) in [5.74, 6) is 0.757. The highest BCUT2D eigenvalue weighted by Gasteiger charge is 2.32. The van der Waals surface area contributed by atoms with Crippen molar-refractivity contribution in [2.75, 3.05) is 7.11 Å². The lowest BCUT2D eigenvalue weighted by Crippen LogP contribution is -2.38. The maximum absolute atomic E-state index is 13.8. The second-order valence-corrected chi connectivity index (χ2v) is 10.4. The number of hydrogen-bond acceptors (Lipinski definition) is 4. The predicted octanol–water partition coefficient (Wildman–Crippen LogP) is 5.63. The van der Waals surface area contributed by atoms with Crippen LogP contribution in [0.15, 0.2) is 82.1 Å². The SMILES string of the molecule is COc1cccc(C2C3=C(N=c4sc(=Cc5ccc(Cl)cc5Cl)c(=O)n42)c2ccccc2CC3)c1. The topological polar surface area (TPSA) is 43.6 Å². The van der Waals surface area contributed by atoms with E-state index in [0.717, 1.165) is 46.6 Å². The van der Waals surface area contributed by atoms with Gasteiger partial charge in [-0.3, -0.25) is 9.36 Å². The second-order valence-electron chi connectivity index (χ2n) is 8.56. The molecule has 1 aliphatic carbocycles. The number of benzene rings is 3. The molecule has 0 saturated heterocycles. The Morgan fingerprint density at radius 3 is 2.74 bits per heavy atom. The van der Waals surface area contributed by atoms with E-state index in [1.54, 1.807) is 19.2 Å². The third-order valence-electron chi connectivity index (χ3n) is 6.53. The molecular weight excluding hydrogens is 499 g/mol. The van der Waals surface area contributed by atoms with Gasteiger partial charge >= 0.3 is 0 Å². The molecule has 1 unspecified atom stereocenters. The van der Waals surface area contributed by atoms with Crippen molar-refractivity contribution in [1.29, 1.82) is 0 Å². The minimum Gasteiger partial charge on any atom is -0.497 e. The largest absolute Gasteiger partial charge is 0.497 e. The molecule has 2 heterocycles. The number of methoxy groups -OCH3 is 1. The summed E-state index contributed by atoms with van der Waals surface area (Å²) in [5, 5.41) is 1.05. The minimum atomic E-state index is -0.257. The first-order chi connectivity index (χ1) is 17.0. The Hall–Kier alpha value is -3.12. The number of aryl methyl sites for hydroxylation is 1. The average Bonchev–Trinajstić information content (AvgIpc) is 3.18. The zero-order valence-electron chi connectivity index (χ0n) is 18.8. The Balaban J connectivity index is 1.63. The van der Waals surface area contributed by atoms with Gasteiger partial charge in [0.1, 0.15) is 5.75 Å². The fourth-order valence-corrected chi connectivity index (χ4v) is 6.35. The van der Waals surface area contributed by atoms with E-state index < -0.39 is 0 Å². The molecule has 174 valence electrons. The molecule has 0 saturated carbocycles. The van der Waals surface area contributed by atoms with E-state index >= 15 is 0 Å². The van der Waals surface area contributed by atoms with Crippen LogP contribution in [0.5, 0.6) is 5.75 Å². The number of rotatable bonds is 3. The van der Waals surface area contributed by atoms with Gasteiger partial charge in [0.2, 0.25) is 0 Å². The van der Waals surface area contributed by atoms with Gasteiger partial charge in [-0.15, -0.1) is 0 Å². The van der Waals surface area contributed by atoms with Gasteiger partial charge in [0.15, 0.2) is 4.80 Å². The molecule has 7 heteroatoms. The monoisotopic (exact) mass is 518 g/mol. The van der Waals surface area contributed by atoms with Crippen molar-refractivity contribution in [2.45, 2.75) is 18.9 Å². The van der Waals surface area contributed by atoms with Gasteiger partial charge in [0.25, 0.3) is 5.56 Å². The molecule has 6 rings (SSSR count). The van der Waals surface area contributed by atoms with Crippen molar-refractivity contribution < 1.29 is 4.74 Å². The predicted molar refractivity (Wildman–Crippen MR) is 142 cm³/mol. The first-order valence-electron chi connectivity index (χ1n) is 11.3. The Kier molecular flexibility index (Phi) is 5.64. The standard InChI is InChI=1S/C28H20Cl2N2O2S/c1-34-20-7-4-6-18(13-20)26-22-12-10-16-5-2-3-8-21(16)25(22)31-28-32(26)27(33)24(35-28)14-17-9-11-19(29)15-23(17)30/h2-9,11,13-15,26H,10,12H2,1H3. The zero-order chi connectivity index (χ0) is 24.1. The summed E-state index contributed by atoms with van der Waals surface area (Å²) >= 11 is 13.9. The van der Waals surface area contributed by atoms with E-state index in [4.69, 9.17) is 32.9 Å². The van der Waals surface area contributed by atoms with E-state index in [-0.39, 0.29) is 11.6 Å². The van der Waals surface area contributed by atoms with Gasteiger partial charge in [-0.05, 0) is 65.4 Å². The zero-order valence-corrected chi connectivity index (χ0v) is 21.1. The van der Waals surface area contributed by atoms with E-state index in [2.05, 4.69) is 24.3 Å². The number of thiazole rings is 1. The van der Waals surface area contributed by atoms with Crippen molar-refractivity contribution in [3.8, 4) is 5.75 Å². The van der Waals surface area contributed by atoms with Crippen LogP contribution in [0.25, 0.3) is 11.8 Å². The van der Waals surface area contributed by atoms with E-state index in [0.29, 0.717) is 19.4 Å². The van der Waals surface area contributed by atoms with E-state index in [9.17, 15) is 4.79 Å². The lowest BCUT2D eigenvalue weighted by atomic mass is 9.83. The summed E-state index contributed by atoms with van der Waals surface area (Å²) < 4.78 is 7.91. The number of nitrogens with zero attached hydrogens (tertiary/aromatic N) is 2. The molecule has 35 heavy (non-hydrogen) atoms. The number of ether oxygens (including phenoxy) is 1. The normalized spacial score (nSPS) is 16.9. The summed E-state index contributed by atoms with van der Waals surface area (Å²) in [7, 11) is 1.65. The molecule has 0 radical (unpaired) electrons. The Morgan fingerprint density at radius 2 is 1.91 bits per heavy atom. The van der Waals surface area contributed by atoms with Crippen LogP contribution in [-0.2, 0) is 6.42 Å². The third-order valence-corrected chi connectivity index (χ3v) is 8.08. The molecule has 0 spiro atoms. The molecule has 1 aliphatic heterocycles. The van der Waals surface area contributed by atoms with Crippen LogP contribution in [0.2, 0.25) is 10.0 Å². The summed E-state index contributed by atoms with van der Waals surface area (Å²) in [6.07, 6.45) is 3.57. The molecule has 1 atom stereocenters.